The molecule has 0 spiro atoms. The number of hydrogen-bond donors (Lipinski definition) is 0. The Morgan fingerprint density at radius 1 is 1.32 bits per heavy atom. The fraction of sp³-hybridized carbons (Fsp3) is 0.250. The number of Topliss-reactive ketones (excluding diaryl/α,β-unsaturated/α-hetero) is 1. The minimum Gasteiger partial charge on any atom is -0.493 e. The molecule has 0 saturated heterocycles. The van der Waals surface area contributed by atoms with Gasteiger partial charge in [0.2, 0.25) is 5.75 Å². The standard InChI is InChI=1S/C12H11N3O7/c1-20-8-4-6(7(16)5-14-13)9(12(17)22-3)10(15(18)19)11(8)21-2/h4-5H,1-3H3. The molecule has 22 heavy (non-hydrogen) atoms. The highest BCUT2D eigenvalue weighted by atomic mass is 16.6. The van der Waals surface area contributed by atoms with E-state index in [4.69, 9.17) is 15.0 Å². The molecule has 1 aromatic rings. The van der Waals surface area contributed by atoms with Crippen LogP contribution in [0.15, 0.2) is 6.07 Å². The molecule has 0 saturated carbocycles. The van der Waals surface area contributed by atoms with Crippen molar-refractivity contribution in [3.63, 3.8) is 0 Å². The third kappa shape index (κ3) is 2.91. The zero-order valence-corrected chi connectivity index (χ0v) is 11.9. The lowest BCUT2D eigenvalue weighted by atomic mass is 10.0. The molecule has 116 valence electrons. The van der Waals surface area contributed by atoms with Gasteiger partial charge in [-0.2, -0.15) is 4.79 Å². The average Bonchev–Trinajstić information content (AvgIpc) is 2.51. The van der Waals surface area contributed by atoms with E-state index in [0.29, 0.717) is 6.21 Å². The van der Waals surface area contributed by atoms with Crippen molar-refractivity contribution >= 4 is 23.7 Å². The van der Waals surface area contributed by atoms with E-state index in [9.17, 15) is 19.7 Å². The van der Waals surface area contributed by atoms with Crippen LogP contribution in [0.5, 0.6) is 11.5 Å². The van der Waals surface area contributed by atoms with E-state index in [2.05, 4.69) is 9.53 Å². The molecule has 0 amide bonds. The Balaban J connectivity index is 3.94. The third-order valence-electron chi connectivity index (χ3n) is 2.66. The first-order valence-electron chi connectivity index (χ1n) is 5.66. The van der Waals surface area contributed by atoms with Gasteiger partial charge in [0, 0.05) is 0 Å². The highest BCUT2D eigenvalue weighted by Crippen LogP contribution is 2.42. The van der Waals surface area contributed by atoms with Gasteiger partial charge in [-0.25, -0.2) is 4.79 Å². The number of carbonyl (C=O) groups excluding carboxylic acids is 2. The smallest absolute Gasteiger partial charge is 0.345 e. The summed E-state index contributed by atoms with van der Waals surface area (Å²) >= 11 is 0. The molecular formula is C12H11N3O7. The Hall–Kier alpha value is -3.26. The van der Waals surface area contributed by atoms with Gasteiger partial charge in [-0.05, 0) is 6.07 Å². The monoisotopic (exact) mass is 309 g/mol. The van der Waals surface area contributed by atoms with Crippen LogP contribution in [0.2, 0.25) is 0 Å². The normalized spacial score (nSPS) is 9.41. The summed E-state index contributed by atoms with van der Waals surface area (Å²) in [5, 5.41) is 11.3. The van der Waals surface area contributed by atoms with Crippen molar-refractivity contribution in [3.8, 4) is 11.5 Å². The maximum absolute atomic E-state index is 11.9. The molecule has 0 bridgehead atoms. The Kier molecular flexibility index (Phi) is 5.31. The molecular weight excluding hydrogens is 298 g/mol. The summed E-state index contributed by atoms with van der Waals surface area (Å²) in [5.41, 5.74) is 6.59. The molecule has 0 atom stereocenters. The van der Waals surface area contributed by atoms with Gasteiger partial charge in [-0.3, -0.25) is 14.9 Å². The van der Waals surface area contributed by atoms with E-state index in [1.165, 1.54) is 7.11 Å². The Morgan fingerprint density at radius 2 is 1.95 bits per heavy atom. The van der Waals surface area contributed by atoms with Crippen molar-refractivity contribution in [2.45, 2.75) is 0 Å². The predicted molar refractivity (Wildman–Crippen MR) is 71.6 cm³/mol. The van der Waals surface area contributed by atoms with Crippen LogP contribution in [0.1, 0.15) is 20.7 Å². The summed E-state index contributed by atoms with van der Waals surface area (Å²) in [6.07, 6.45) is 0.484. The number of nitrogens with zero attached hydrogens (tertiary/aromatic N) is 3. The number of carbonyl (C=O) groups is 2. The fourth-order valence-electron chi connectivity index (χ4n) is 1.77. The molecule has 0 aliphatic carbocycles. The van der Waals surface area contributed by atoms with Crippen molar-refractivity contribution < 1.29 is 33.5 Å². The Labute approximate surface area is 124 Å². The van der Waals surface area contributed by atoms with Crippen LogP contribution >= 0.6 is 0 Å². The van der Waals surface area contributed by atoms with Crippen molar-refractivity contribution in [1.82, 2.24) is 0 Å². The summed E-state index contributed by atoms with van der Waals surface area (Å²) in [6, 6.07) is 1.06. The molecule has 0 unspecified atom stereocenters. The van der Waals surface area contributed by atoms with Gasteiger partial charge in [0.15, 0.2) is 11.3 Å². The molecule has 0 heterocycles. The summed E-state index contributed by atoms with van der Waals surface area (Å²) in [4.78, 5) is 36.7. The maximum Gasteiger partial charge on any atom is 0.345 e. The van der Waals surface area contributed by atoms with E-state index in [0.717, 1.165) is 20.3 Å². The fourth-order valence-corrected chi connectivity index (χ4v) is 1.77. The molecule has 1 rings (SSSR count). The van der Waals surface area contributed by atoms with Gasteiger partial charge in [-0.15, -0.1) is 0 Å². The molecule has 0 aliphatic rings. The van der Waals surface area contributed by atoms with Crippen LogP contribution in [0.4, 0.5) is 5.69 Å². The lowest BCUT2D eigenvalue weighted by Gasteiger charge is -2.12. The number of benzene rings is 1. The van der Waals surface area contributed by atoms with Gasteiger partial charge in [0.1, 0.15) is 0 Å². The molecule has 0 aromatic heterocycles. The van der Waals surface area contributed by atoms with E-state index < -0.39 is 33.5 Å². The second-order valence-corrected chi connectivity index (χ2v) is 3.74. The third-order valence-corrected chi connectivity index (χ3v) is 2.66. The molecule has 1 aromatic carbocycles. The first-order chi connectivity index (χ1) is 10.4. The number of nitro benzene ring substituents is 1. The highest BCUT2D eigenvalue weighted by Gasteiger charge is 2.35. The number of nitro groups is 1. The number of ketones is 1. The number of hydrogen-bond acceptors (Lipinski definition) is 7. The molecule has 0 fully saturated rings. The molecule has 10 nitrogen and oxygen atoms in total. The largest absolute Gasteiger partial charge is 0.493 e. The quantitative estimate of drug-likeness (QED) is 0.144. The minimum atomic E-state index is -1.12. The van der Waals surface area contributed by atoms with Crippen molar-refractivity contribution in [1.29, 1.82) is 0 Å². The summed E-state index contributed by atoms with van der Waals surface area (Å²) < 4.78 is 14.3. The lowest BCUT2D eigenvalue weighted by molar-refractivity contribution is -0.386. The average molecular weight is 309 g/mol. The van der Waals surface area contributed by atoms with Gasteiger partial charge < -0.3 is 19.7 Å². The van der Waals surface area contributed by atoms with Crippen LogP contribution in [0, 0.1) is 10.1 Å². The SMILES string of the molecule is COC(=O)c1c(C(=O)C=[N+]=[N-])cc(OC)c(OC)c1[N+](=O)[O-]. The Bertz CT molecular complexity index is 692. The van der Waals surface area contributed by atoms with E-state index >= 15 is 0 Å². The summed E-state index contributed by atoms with van der Waals surface area (Å²) in [6.45, 7) is 0. The molecule has 0 aliphatic heterocycles. The summed E-state index contributed by atoms with van der Waals surface area (Å²) in [7, 11) is 3.34. The van der Waals surface area contributed by atoms with E-state index in [1.54, 1.807) is 0 Å². The van der Waals surface area contributed by atoms with Gasteiger partial charge in [0.05, 0.1) is 31.8 Å². The Morgan fingerprint density at radius 3 is 2.36 bits per heavy atom. The zero-order valence-electron chi connectivity index (χ0n) is 11.9. The molecule has 10 heteroatoms. The van der Waals surface area contributed by atoms with Gasteiger partial charge in [0.25, 0.3) is 5.78 Å². The maximum atomic E-state index is 11.9. The predicted octanol–water partition coefficient (Wildman–Crippen LogP) is 0.882. The van der Waals surface area contributed by atoms with Crippen molar-refractivity contribution in [2.75, 3.05) is 21.3 Å². The number of esters is 1. The lowest BCUT2D eigenvalue weighted by Crippen LogP contribution is -2.15. The zero-order chi connectivity index (χ0) is 16.9. The van der Waals surface area contributed by atoms with Crippen LogP contribution < -0.4 is 9.47 Å². The minimum absolute atomic E-state index is 0.142. The van der Waals surface area contributed by atoms with Crippen LogP contribution in [0.25, 0.3) is 5.53 Å². The number of rotatable bonds is 6. The van der Waals surface area contributed by atoms with Crippen LogP contribution in [0.3, 0.4) is 0 Å². The number of methoxy groups -OCH3 is 3. The van der Waals surface area contributed by atoms with Crippen molar-refractivity contribution in [3.05, 3.63) is 32.8 Å². The van der Waals surface area contributed by atoms with Gasteiger partial charge in [-0.1, -0.05) is 0 Å². The van der Waals surface area contributed by atoms with Crippen LogP contribution in [-0.2, 0) is 4.74 Å². The van der Waals surface area contributed by atoms with Crippen LogP contribution in [-0.4, -0.2) is 49.0 Å². The van der Waals surface area contributed by atoms with E-state index in [-0.39, 0.29) is 11.5 Å². The van der Waals surface area contributed by atoms with Crippen molar-refractivity contribution in [2.24, 2.45) is 0 Å². The second kappa shape index (κ2) is 6.95. The first kappa shape index (κ1) is 16.8. The first-order valence-corrected chi connectivity index (χ1v) is 5.66. The highest BCUT2D eigenvalue weighted by molar-refractivity contribution is 6.35. The topological polar surface area (TPSA) is 141 Å². The van der Waals surface area contributed by atoms with E-state index in [1.807, 2.05) is 0 Å². The van der Waals surface area contributed by atoms with Gasteiger partial charge >= 0.3 is 17.9 Å². The molecule has 0 radical (unpaired) electrons. The number of ether oxygens (including phenoxy) is 3. The second-order valence-electron chi connectivity index (χ2n) is 3.74. The molecule has 0 N–H and O–H groups in total. The summed E-state index contributed by atoms with van der Waals surface area (Å²) in [5.74, 6) is -2.56.